The maximum Gasteiger partial charge on any atom is 0.250 e. The number of thiocarbonyl (C=S) groups is 1. The Bertz CT molecular complexity index is 714. The molecule has 3 nitrogen and oxygen atoms in total. The van der Waals surface area contributed by atoms with E-state index in [2.05, 4.69) is 10.6 Å². The fourth-order valence-electron chi connectivity index (χ4n) is 1.72. The Balaban J connectivity index is 1.90. The molecular formula is C17H15ClN2OS. The molecule has 0 atom stereocenters. The lowest BCUT2D eigenvalue weighted by Gasteiger charge is -2.09. The summed E-state index contributed by atoms with van der Waals surface area (Å²) in [6, 6.07) is 15.0. The van der Waals surface area contributed by atoms with Crippen LogP contribution < -0.4 is 10.6 Å². The lowest BCUT2D eigenvalue weighted by Crippen LogP contribution is -2.32. The molecule has 0 aromatic heterocycles. The molecule has 22 heavy (non-hydrogen) atoms. The molecule has 0 fully saturated rings. The molecular weight excluding hydrogens is 316 g/mol. The Labute approximate surface area is 140 Å². The van der Waals surface area contributed by atoms with Gasteiger partial charge in [-0.25, -0.2) is 0 Å². The average molecular weight is 331 g/mol. The molecule has 2 aromatic carbocycles. The maximum atomic E-state index is 11.8. The summed E-state index contributed by atoms with van der Waals surface area (Å²) in [5, 5.41) is 6.37. The number of halogens is 1. The Morgan fingerprint density at radius 3 is 2.59 bits per heavy atom. The number of carbonyl (C=O) groups is 1. The number of carbonyl (C=O) groups excluding carboxylic acids is 1. The highest BCUT2D eigenvalue weighted by Gasteiger charge is 2.03. The van der Waals surface area contributed by atoms with Crippen molar-refractivity contribution in [1.82, 2.24) is 5.32 Å². The standard InChI is InChI=1S/C17H15ClN2OS/c1-12-7-9-14(11-15(12)18)19-17(22)20-16(21)10-8-13-5-3-2-4-6-13/h2-11H,1H3,(H2,19,20,21,22)/b10-8-. The highest BCUT2D eigenvalue weighted by molar-refractivity contribution is 7.80. The molecule has 0 bridgehead atoms. The topological polar surface area (TPSA) is 41.1 Å². The molecule has 0 unspecified atom stereocenters. The van der Waals surface area contributed by atoms with Gasteiger partial charge in [0.25, 0.3) is 0 Å². The van der Waals surface area contributed by atoms with E-state index in [-0.39, 0.29) is 11.0 Å². The first-order valence-corrected chi connectivity index (χ1v) is 7.44. The molecule has 0 heterocycles. The van der Waals surface area contributed by atoms with E-state index in [1.807, 2.05) is 49.4 Å². The van der Waals surface area contributed by atoms with Crippen LogP contribution in [0.5, 0.6) is 0 Å². The van der Waals surface area contributed by atoms with Gasteiger partial charge in [-0.3, -0.25) is 10.1 Å². The van der Waals surface area contributed by atoms with E-state index in [4.69, 9.17) is 23.8 Å². The second-order valence-corrected chi connectivity index (χ2v) is 5.47. The second kappa shape index (κ2) is 7.73. The summed E-state index contributed by atoms with van der Waals surface area (Å²) in [4.78, 5) is 11.8. The normalized spacial score (nSPS) is 10.5. The van der Waals surface area contributed by atoms with Crippen LogP contribution in [0.25, 0.3) is 6.08 Å². The van der Waals surface area contributed by atoms with Crippen molar-refractivity contribution in [2.24, 2.45) is 0 Å². The van der Waals surface area contributed by atoms with E-state index in [1.54, 1.807) is 12.1 Å². The van der Waals surface area contributed by atoms with E-state index < -0.39 is 0 Å². The van der Waals surface area contributed by atoms with Gasteiger partial charge in [0.05, 0.1) is 0 Å². The van der Waals surface area contributed by atoms with Crippen molar-refractivity contribution >= 4 is 46.6 Å². The molecule has 0 saturated heterocycles. The molecule has 2 rings (SSSR count). The van der Waals surface area contributed by atoms with Gasteiger partial charge in [-0.2, -0.15) is 0 Å². The minimum atomic E-state index is -0.292. The lowest BCUT2D eigenvalue weighted by atomic mass is 10.2. The maximum absolute atomic E-state index is 11.8. The third-order valence-corrected chi connectivity index (χ3v) is 3.50. The molecule has 112 valence electrons. The molecule has 2 aromatic rings. The monoisotopic (exact) mass is 330 g/mol. The van der Waals surface area contributed by atoms with E-state index in [0.717, 1.165) is 16.8 Å². The van der Waals surface area contributed by atoms with E-state index in [0.29, 0.717) is 5.02 Å². The zero-order valence-corrected chi connectivity index (χ0v) is 13.5. The summed E-state index contributed by atoms with van der Waals surface area (Å²) in [6.07, 6.45) is 3.16. The molecule has 0 saturated carbocycles. The predicted octanol–water partition coefficient (Wildman–Crippen LogP) is 4.17. The molecule has 2 N–H and O–H groups in total. The summed E-state index contributed by atoms with van der Waals surface area (Å²) in [7, 11) is 0. The van der Waals surface area contributed by atoms with Crippen molar-refractivity contribution in [3.8, 4) is 0 Å². The number of nitrogens with one attached hydrogen (secondary N) is 2. The Morgan fingerprint density at radius 1 is 1.18 bits per heavy atom. The first-order chi connectivity index (χ1) is 10.5. The molecule has 0 aliphatic rings. The molecule has 0 aliphatic carbocycles. The second-order valence-electron chi connectivity index (χ2n) is 4.65. The van der Waals surface area contributed by atoms with Crippen molar-refractivity contribution < 1.29 is 4.79 Å². The van der Waals surface area contributed by atoms with Crippen molar-refractivity contribution in [1.29, 1.82) is 0 Å². The summed E-state index contributed by atoms with van der Waals surface area (Å²) < 4.78 is 0. The Hall–Kier alpha value is -2.17. The van der Waals surface area contributed by atoms with Crippen LogP contribution in [0.3, 0.4) is 0 Å². The Morgan fingerprint density at radius 2 is 1.91 bits per heavy atom. The number of benzene rings is 2. The highest BCUT2D eigenvalue weighted by Crippen LogP contribution is 2.19. The first-order valence-electron chi connectivity index (χ1n) is 6.66. The molecule has 0 spiro atoms. The zero-order chi connectivity index (χ0) is 15.9. The fraction of sp³-hybridized carbons (Fsp3) is 0.0588. The number of anilines is 1. The number of rotatable bonds is 3. The summed E-state index contributed by atoms with van der Waals surface area (Å²) >= 11 is 11.1. The molecule has 1 amide bonds. The zero-order valence-electron chi connectivity index (χ0n) is 12.0. The van der Waals surface area contributed by atoms with Gasteiger partial charge in [0, 0.05) is 16.8 Å². The van der Waals surface area contributed by atoms with Crippen LogP contribution in [0.2, 0.25) is 5.02 Å². The van der Waals surface area contributed by atoms with Gasteiger partial charge in [-0.05, 0) is 48.5 Å². The van der Waals surface area contributed by atoms with Gasteiger partial charge in [0.15, 0.2) is 5.11 Å². The van der Waals surface area contributed by atoms with Gasteiger partial charge < -0.3 is 5.32 Å². The SMILES string of the molecule is Cc1ccc(NC(=S)NC(=O)/C=C\c2ccccc2)cc1Cl. The van der Waals surface area contributed by atoms with E-state index in [9.17, 15) is 4.79 Å². The van der Waals surface area contributed by atoms with Gasteiger partial charge in [-0.1, -0.05) is 48.0 Å². The van der Waals surface area contributed by atoms with Crippen LogP contribution in [0.4, 0.5) is 5.69 Å². The first kappa shape index (κ1) is 16.2. The summed E-state index contributed by atoms with van der Waals surface area (Å²) in [6.45, 7) is 1.92. The van der Waals surface area contributed by atoms with Crippen molar-refractivity contribution in [2.75, 3.05) is 5.32 Å². The number of aryl methyl sites for hydroxylation is 1. The van der Waals surface area contributed by atoms with Crippen LogP contribution in [0, 0.1) is 6.92 Å². The van der Waals surface area contributed by atoms with Crippen molar-refractivity contribution in [3.63, 3.8) is 0 Å². The Kier molecular flexibility index (Phi) is 5.69. The summed E-state index contributed by atoms with van der Waals surface area (Å²) in [5.41, 5.74) is 2.66. The largest absolute Gasteiger partial charge is 0.332 e. The predicted molar refractivity (Wildman–Crippen MR) is 96.0 cm³/mol. The third kappa shape index (κ3) is 4.98. The van der Waals surface area contributed by atoms with Crippen LogP contribution in [0.1, 0.15) is 11.1 Å². The average Bonchev–Trinajstić information content (AvgIpc) is 2.50. The van der Waals surface area contributed by atoms with Gasteiger partial charge >= 0.3 is 0 Å². The van der Waals surface area contributed by atoms with Crippen LogP contribution in [0.15, 0.2) is 54.6 Å². The number of hydrogen-bond acceptors (Lipinski definition) is 2. The van der Waals surface area contributed by atoms with Crippen LogP contribution >= 0.6 is 23.8 Å². The number of hydrogen-bond donors (Lipinski definition) is 2. The third-order valence-electron chi connectivity index (χ3n) is 2.89. The highest BCUT2D eigenvalue weighted by atomic mass is 35.5. The molecule has 5 heteroatoms. The quantitative estimate of drug-likeness (QED) is 0.655. The van der Waals surface area contributed by atoms with Crippen LogP contribution in [-0.4, -0.2) is 11.0 Å². The lowest BCUT2D eigenvalue weighted by molar-refractivity contribution is -0.115. The van der Waals surface area contributed by atoms with Gasteiger partial charge in [0.2, 0.25) is 5.91 Å². The number of amides is 1. The fourth-order valence-corrected chi connectivity index (χ4v) is 2.12. The molecule has 0 aliphatic heterocycles. The van der Waals surface area contributed by atoms with E-state index >= 15 is 0 Å². The van der Waals surface area contributed by atoms with Gasteiger partial charge in [-0.15, -0.1) is 0 Å². The van der Waals surface area contributed by atoms with Crippen molar-refractivity contribution in [3.05, 3.63) is 70.8 Å². The molecule has 0 radical (unpaired) electrons. The minimum Gasteiger partial charge on any atom is -0.332 e. The minimum absolute atomic E-state index is 0.225. The van der Waals surface area contributed by atoms with Gasteiger partial charge in [0.1, 0.15) is 0 Å². The van der Waals surface area contributed by atoms with Crippen molar-refractivity contribution in [2.45, 2.75) is 6.92 Å². The smallest absolute Gasteiger partial charge is 0.250 e. The van der Waals surface area contributed by atoms with Crippen LogP contribution in [-0.2, 0) is 4.79 Å². The van der Waals surface area contributed by atoms with E-state index in [1.165, 1.54) is 6.08 Å². The summed E-state index contributed by atoms with van der Waals surface area (Å²) in [5.74, 6) is -0.292.